The van der Waals surface area contributed by atoms with Gasteiger partial charge in [0.1, 0.15) is 0 Å². The zero-order valence-electron chi connectivity index (χ0n) is 12.5. The van der Waals surface area contributed by atoms with Crippen LogP contribution in [0.3, 0.4) is 0 Å². The number of anilines is 2. The zero-order chi connectivity index (χ0) is 16.2. The number of fused-ring (bicyclic) bond motifs is 1. The molecule has 2 amide bonds. The number of nitrogens with zero attached hydrogens (tertiary/aromatic N) is 1. The van der Waals surface area contributed by atoms with Gasteiger partial charge in [-0.2, -0.15) is 0 Å². The third-order valence-corrected chi connectivity index (χ3v) is 3.39. The van der Waals surface area contributed by atoms with Crippen LogP contribution in [0.2, 0.25) is 0 Å². The molecule has 0 saturated heterocycles. The summed E-state index contributed by atoms with van der Waals surface area (Å²) in [5.41, 5.74) is 1.91. The van der Waals surface area contributed by atoms with Gasteiger partial charge < -0.3 is 10.6 Å². The van der Waals surface area contributed by atoms with E-state index in [1.165, 1.54) is 6.92 Å². The maximum atomic E-state index is 12.5. The molecule has 1 aromatic heterocycles. The summed E-state index contributed by atoms with van der Waals surface area (Å²) >= 11 is 0. The molecule has 0 fully saturated rings. The average Bonchev–Trinajstić information content (AvgIpc) is 2.55. The Hall–Kier alpha value is -3.21. The smallest absolute Gasteiger partial charge is 0.256 e. The normalized spacial score (nSPS) is 10.3. The minimum Gasteiger partial charge on any atom is -0.326 e. The standard InChI is InChI=1S/C18H15N3O2/c1-12(22)20-14-5-7-15(8-6-14)21-18(23)16-4-2-3-13-9-10-19-11-17(13)16/h2-11H,1H3,(H,20,22)(H,21,23). The van der Waals surface area contributed by atoms with Crippen molar-refractivity contribution in [2.45, 2.75) is 6.92 Å². The maximum Gasteiger partial charge on any atom is 0.256 e. The van der Waals surface area contributed by atoms with Crippen LogP contribution in [-0.2, 0) is 4.79 Å². The molecule has 3 rings (SSSR count). The van der Waals surface area contributed by atoms with Crippen molar-refractivity contribution in [2.75, 3.05) is 10.6 Å². The summed E-state index contributed by atoms with van der Waals surface area (Å²) in [6.45, 7) is 1.45. The highest BCUT2D eigenvalue weighted by Crippen LogP contribution is 2.20. The first-order valence-corrected chi connectivity index (χ1v) is 7.15. The number of benzene rings is 2. The highest BCUT2D eigenvalue weighted by atomic mass is 16.2. The van der Waals surface area contributed by atoms with Crippen molar-refractivity contribution in [2.24, 2.45) is 0 Å². The molecule has 0 radical (unpaired) electrons. The predicted octanol–water partition coefficient (Wildman–Crippen LogP) is 3.45. The number of amides is 2. The molecule has 0 saturated carbocycles. The summed E-state index contributed by atoms with van der Waals surface area (Å²) in [5, 5.41) is 7.31. The van der Waals surface area contributed by atoms with Crippen molar-refractivity contribution in [3.05, 3.63) is 66.5 Å². The molecular weight excluding hydrogens is 290 g/mol. The summed E-state index contributed by atoms with van der Waals surface area (Å²) in [6, 6.07) is 14.4. The van der Waals surface area contributed by atoms with E-state index in [-0.39, 0.29) is 11.8 Å². The third kappa shape index (κ3) is 3.35. The highest BCUT2D eigenvalue weighted by molar-refractivity contribution is 6.12. The Labute approximate surface area is 133 Å². The van der Waals surface area contributed by atoms with Gasteiger partial charge in [-0.3, -0.25) is 14.6 Å². The van der Waals surface area contributed by atoms with Crippen LogP contribution in [-0.4, -0.2) is 16.8 Å². The van der Waals surface area contributed by atoms with Crippen molar-refractivity contribution >= 4 is 34.0 Å². The molecular formula is C18H15N3O2. The van der Waals surface area contributed by atoms with Crippen LogP contribution in [0, 0.1) is 0 Å². The van der Waals surface area contributed by atoms with Gasteiger partial charge in [0.05, 0.1) is 0 Å². The first kappa shape index (κ1) is 14.7. The maximum absolute atomic E-state index is 12.5. The van der Waals surface area contributed by atoms with Crippen molar-refractivity contribution in [1.29, 1.82) is 0 Å². The molecule has 0 aliphatic carbocycles. The van der Waals surface area contributed by atoms with E-state index in [9.17, 15) is 9.59 Å². The quantitative estimate of drug-likeness (QED) is 0.778. The van der Waals surface area contributed by atoms with Gasteiger partial charge in [0.2, 0.25) is 5.91 Å². The molecule has 0 bridgehead atoms. The second-order valence-corrected chi connectivity index (χ2v) is 5.12. The number of nitrogens with one attached hydrogen (secondary N) is 2. The van der Waals surface area contributed by atoms with Crippen molar-refractivity contribution < 1.29 is 9.59 Å². The van der Waals surface area contributed by atoms with E-state index in [4.69, 9.17) is 0 Å². The lowest BCUT2D eigenvalue weighted by Crippen LogP contribution is -2.12. The van der Waals surface area contributed by atoms with E-state index in [1.807, 2.05) is 18.2 Å². The van der Waals surface area contributed by atoms with Gasteiger partial charge in [0.25, 0.3) is 5.91 Å². The largest absolute Gasteiger partial charge is 0.326 e. The van der Waals surface area contributed by atoms with Crippen LogP contribution in [0.15, 0.2) is 60.9 Å². The monoisotopic (exact) mass is 305 g/mol. The van der Waals surface area contributed by atoms with Crippen LogP contribution in [0.1, 0.15) is 17.3 Å². The van der Waals surface area contributed by atoms with E-state index in [0.29, 0.717) is 16.9 Å². The van der Waals surface area contributed by atoms with Crippen molar-refractivity contribution in [3.8, 4) is 0 Å². The number of hydrogen-bond donors (Lipinski definition) is 2. The van der Waals surface area contributed by atoms with Gasteiger partial charge in [-0.25, -0.2) is 0 Å². The topological polar surface area (TPSA) is 71.1 Å². The number of rotatable bonds is 3. The van der Waals surface area contributed by atoms with Crippen LogP contribution in [0.25, 0.3) is 10.8 Å². The predicted molar refractivity (Wildman–Crippen MR) is 90.4 cm³/mol. The lowest BCUT2D eigenvalue weighted by molar-refractivity contribution is -0.114. The van der Waals surface area contributed by atoms with E-state index in [1.54, 1.807) is 42.7 Å². The molecule has 5 nitrogen and oxygen atoms in total. The molecule has 0 unspecified atom stereocenters. The summed E-state index contributed by atoms with van der Waals surface area (Å²) < 4.78 is 0. The Morgan fingerprint density at radius 2 is 1.61 bits per heavy atom. The number of carbonyl (C=O) groups is 2. The van der Waals surface area contributed by atoms with Crippen molar-refractivity contribution in [1.82, 2.24) is 4.98 Å². The molecule has 2 N–H and O–H groups in total. The van der Waals surface area contributed by atoms with Gasteiger partial charge in [0.15, 0.2) is 0 Å². The minimum absolute atomic E-state index is 0.134. The Kier molecular flexibility index (Phi) is 4.01. The fourth-order valence-electron chi connectivity index (χ4n) is 2.35. The van der Waals surface area contributed by atoms with Crippen LogP contribution >= 0.6 is 0 Å². The summed E-state index contributed by atoms with van der Waals surface area (Å²) in [5.74, 6) is -0.332. The molecule has 114 valence electrons. The SMILES string of the molecule is CC(=O)Nc1ccc(NC(=O)c2cccc3ccncc23)cc1. The minimum atomic E-state index is -0.198. The Morgan fingerprint density at radius 3 is 2.30 bits per heavy atom. The summed E-state index contributed by atoms with van der Waals surface area (Å²) in [6.07, 6.45) is 3.38. The van der Waals surface area contributed by atoms with Gasteiger partial charge in [-0.15, -0.1) is 0 Å². The van der Waals surface area contributed by atoms with Gasteiger partial charge >= 0.3 is 0 Å². The molecule has 1 heterocycles. The van der Waals surface area contributed by atoms with E-state index >= 15 is 0 Å². The molecule has 0 aliphatic rings. The fourth-order valence-corrected chi connectivity index (χ4v) is 2.35. The van der Waals surface area contributed by atoms with Crippen LogP contribution < -0.4 is 10.6 Å². The molecule has 0 atom stereocenters. The van der Waals surface area contributed by atoms with Crippen molar-refractivity contribution in [3.63, 3.8) is 0 Å². The van der Waals surface area contributed by atoms with Crippen LogP contribution in [0.4, 0.5) is 11.4 Å². The number of hydrogen-bond acceptors (Lipinski definition) is 3. The molecule has 0 aliphatic heterocycles. The number of aromatic nitrogens is 1. The molecule has 23 heavy (non-hydrogen) atoms. The summed E-state index contributed by atoms with van der Waals surface area (Å²) in [7, 11) is 0. The third-order valence-electron chi connectivity index (χ3n) is 3.39. The lowest BCUT2D eigenvalue weighted by atomic mass is 10.1. The fraction of sp³-hybridized carbons (Fsp3) is 0.0556. The van der Waals surface area contributed by atoms with Gasteiger partial charge in [-0.1, -0.05) is 12.1 Å². The molecule has 2 aromatic carbocycles. The first-order valence-electron chi connectivity index (χ1n) is 7.15. The lowest BCUT2D eigenvalue weighted by Gasteiger charge is -2.09. The molecule has 3 aromatic rings. The second kappa shape index (κ2) is 6.27. The Bertz CT molecular complexity index is 868. The van der Waals surface area contributed by atoms with Gasteiger partial charge in [-0.05, 0) is 41.8 Å². The molecule has 0 spiro atoms. The Balaban J connectivity index is 1.82. The average molecular weight is 305 g/mol. The van der Waals surface area contributed by atoms with E-state index in [0.717, 1.165) is 10.8 Å². The second-order valence-electron chi connectivity index (χ2n) is 5.12. The van der Waals surface area contributed by atoms with E-state index in [2.05, 4.69) is 15.6 Å². The van der Waals surface area contributed by atoms with E-state index < -0.39 is 0 Å². The Morgan fingerprint density at radius 1 is 0.913 bits per heavy atom. The number of carbonyl (C=O) groups excluding carboxylic acids is 2. The summed E-state index contributed by atoms with van der Waals surface area (Å²) in [4.78, 5) is 27.6. The number of pyridine rings is 1. The highest BCUT2D eigenvalue weighted by Gasteiger charge is 2.10. The van der Waals surface area contributed by atoms with Gasteiger partial charge in [0, 0.05) is 41.6 Å². The molecule has 5 heteroatoms. The van der Waals surface area contributed by atoms with Crippen LogP contribution in [0.5, 0.6) is 0 Å². The first-order chi connectivity index (χ1) is 11.1. The zero-order valence-corrected chi connectivity index (χ0v) is 12.5.